The van der Waals surface area contributed by atoms with Gasteiger partial charge in [-0.1, -0.05) is 0 Å². The van der Waals surface area contributed by atoms with E-state index in [0.717, 1.165) is 0 Å². The van der Waals surface area contributed by atoms with Crippen molar-refractivity contribution in [1.29, 1.82) is 0 Å². The second kappa shape index (κ2) is 5.10. The highest BCUT2D eigenvalue weighted by Gasteiger charge is 1.99. The standard InChI is InChI=1S/C6H14N4S2/c1-9(2)5(11)7-8-6(12)10(3)4/h1-4H3,(H,7,11)(H,8,12). The van der Waals surface area contributed by atoms with E-state index >= 15 is 0 Å². The molecule has 0 aromatic carbocycles. The van der Waals surface area contributed by atoms with Gasteiger partial charge in [-0.15, -0.1) is 0 Å². The summed E-state index contributed by atoms with van der Waals surface area (Å²) in [5.41, 5.74) is 5.58. The molecule has 0 rings (SSSR count). The van der Waals surface area contributed by atoms with Crippen LogP contribution in [0.2, 0.25) is 0 Å². The molecule has 12 heavy (non-hydrogen) atoms. The summed E-state index contributed by atoms with van der Waals surface area (Å²) in [6.07, 6.45) is 0. The quantitative estimate of drug-likeness (QED) is 0.421. The van der Waals surface area contributed by atoms with Crippen LogP contribution in [0.1, 0.15) is 0 Å². The smallest absolute Gasteiger partial charge is 0.187 e. The minimum Gasteiger partial charge on any atom is -0.354 e. The van der Waals surface area contributed by atoms with Gasteiger partial charge in [0.25, 0.3) is 0 Å². The lowest BCUT2D eigenvalue weighted by atomic mass is 10.8. The van der Waals surface area contributed by atoms with Crippen LogP contribution in [0.3, 0.4) is 0 Å². The van der Waals surface area contributed by atoms with E-state index in [9.17, 15) is 0 Å². The van der Waals surface area contributed by atoms with E-state index in [1.807, 2.05) is 28.2 Å². The van der Waals surface area contributed by atoms with Crippen LogP contribution in [0.4, 0.5) is 0 Å². The van der Waals surface area contributed by atoms with Gasteiger partial charge in [-0.05, 0) is 24.4 Å². The van der Waals surface area contributed by atoms with Gasteiger partial charge in [0.2, 0.25) is 0 Å². The molecule has 70 valence electrons. The molecule has 2 N–H and O–H groups in total. The molecule has 0 fully saturated rings. The Hall–Kier alpha value is -0.620. The van der Waals surface area contributed by atoms with E-state index in [-0.39, 0.29) is 0 Å². The van der Waals surface area contributed by atoms with E-state index in [0.29, 0.717) is 10.2 Å². The normalized spacial score (nSPS) is 8.67. The summed E-state index contributed by atoms with van der Waals surface area (Å²) in [5.74, 6) is 0. The molecule has 0 atom stereocenters. The van der Waals surface area contributed by atoms with E-state index < -0.39 is 0 Å². The van der Waals surface area contributed by atoms with Crippen LogP contribution in [-0.4, -0.2) is 48.2 Å². The van der Waals surface area contributed by atoms with Gasteiger partial charge in [0.1, 0.15) is 0 Å². The van der Waals surface area contributed by atoms with Crippen molar-refractivity contribution in [1.82, 2.24) is 20.7 Å². The Balaban J connectivity index is 3.69. The lowest BCUT2D eigenvalue weighted by molar-refractivity contribution is 0.562. The Morgan fingerprint density at radius 1 is 0.833 bits per heavy atom. The van der Waals surface area contributed by atoms with Crippen LogP contribution >= 0.6 is 24.4 Å². The molecule has 0 aliphatic carbocycles. The maximum Gasteiger partial charge on any atom is 0.187 e. The third-order valence-corrected chi connectivity index (χ3v) is 2.02. The van der Waals surface area contributed by atoms with Gasteiger partial charge in [0.05, 0.1) is 0 Å². The minimum absolute atomic E-state index is 0.596. The molecule has 0 bridgehead atoms. The van der Waals surface area contributed by atoms with Crippen LogP contribution in [0.5, 0.6) is 0 Å². The van der Waals surface area contributed by atoms with Crippen molar-refractivity contribution >= 4 is 34.7 Å². The second-order valence-electron chi connectivity index (χ2n) is 2.65. The van der Waals surface area contributed by atoms with Crippen molar-refractivity contribution in [2.45, 2.75) is 0 Å². The van der Waals surface area contributed by atoms with Gasteiger partial charge >= 0.3 is 0 Å². The Labute approximate surface area is 83.9 Å². The first kappa shape index (κ1) is 11.4. The highest BCUT2D eigenvalue weighted by molar-refractivity contribution is 7.80. The molecule has 0 heterocycles. The summed E-state index contributed by atoms with van der Waals surface area (Å²) in [6.45, 7) is 0. The van der Waals surface area contributed by atoms with Gasteiger partial charge in [-0.2, -0.15) is 0 Å². The number of hydrogen-bond acceptors (Lipinski definition) is 2. The predicted octanol–water partition coefficient (Wildman–Crippen LogP) is -0.226. The van der Waals surface area contributed by atoms with E-state index in [4.69, 9.17) is 24.4 Å². The highest BCUT2D eigenvalue weighted by atomic mass is 32.1. The van der Waals surface area contributed by atoms with E-state index in [2.05, 4.69) is 10.9 Å². The number of rotatable bonds is 0. The van der Waals surface area contributed by atoms with Crippen molar-refractivity contribution < 1.29 is 0 Å². The zero-order valence-corrected chi connectivity index (χ0v) is 9.34. The van der Waals surface area contributed by atoms with Gasteiger partial charge in [0.15, 0.2) is 10.2 Å². The Bertz CT molecular complexity index is 158. The molecule has 0 aromatic rings. The molecule has 0 radical (unpaired) electrons. The summed E-state index contributed by atoms with van der Waals surface area (Å²) in [5, 5.41) is 1.19. The van der Waals surface area contributed by atoms with E-state index in [1.165, 1.54) is 0 Å². The SMILES string of the molecule is CN(C)C(=S)NNC(=S)N(C)C. The Morgan fingerprint density at radius 2 is 1.08 bits per heavy atom. The third kappa shape index (κ3) is 4.30. The minimum atomic E-state index is 0.596. The molecule has 0 unspecified atom stereocenters. The second-order valence-corrected chi connectivity index (χ2v) is 3.42. The fraction of sp³-hybridized carbons (Fsp3) is 0.667. The Kier molecular flexibility index (Phi) is 4.84. The molecular weight excluding hydrogens is 192 g/mol. The maximum atomic E-state index is 4.96. The number of nitrogens with zero attached hydrogens (tertiary/aromatic N) is 2. The average molecular weight is 206 g/mol. The maximum absolute atomic E-state index is 4.96. The summed E-state index contributed by atoms with van der Waals surface area (Å²) < 4.78 is 0. The molecule has 0 spiro atoms. The van der Waals surface area contributed by atoms with Crippen molar-refractivity contribution in [3.05, 3.63) is 0 Å². The summed E-state index contributed by atoms with van der Waals surface area (Å²) in [4.78, 5) is 3.56. The number of thiocarbonyl (C=S) groups is 2. The summed E-state index contributed by atoms with van der Waals surface area (Å²) >= 11 is 9.91. The number of hydrazine groups is 1. The fourth-order valence-corrected chi connectivity index (χ4v) is 0.433. The topological polar surface area (TPSA) is 30.5 Å². The molecule has 0 aliphatic heterocycles. The van der Waals surface area contributed by atoms with Crippen LogP contribution < -0.4 is 10.9 Å². The lowest BCUT2D eigenvalue weighted by Gasteiger charge is -2.20. The molecule has 6 heteroatoms. The molecule has 4 nitrogen and oxygen atoms in total. The fourth-order valence-electron chi connectivity index (χ4n) is 0.331. The van der Waals surface area contributed by atoms with Crippen LogP contribution in [0.25, 0.3) is 0 Å². The van der Waals surface area contributed by atoms with Crippen molar-refractivity contribution in [2.24, 2.45) is 0 Å². The van der Waals surface area contributed by atoms with Crippen LogP contribution in [0, 0.1) is 0 Å². The molecule has 0 saturated heterocycles. The van der Waals surface area contributed by atoms with Crippen LogP contribution in [-0.2, 0) is 0 Å². The molecule has 0 aliphatic rings. The predicted molar refractivity (Wildman–Crippen MR) is 58.8 cm³/mol. The van der Waals surface area contributed by atoms with Crippen molar-refractivity contribution in [3.63, 3.8) is 0 Å². The molecule has 0 saturated carbocycles. The first-order chi connectivity index (χ1) is 5.45. The monoisotopic (exact) mass is 206 g/mol. The number of nitrogens with one attached hydrogen (secondary N) is 2. The summed E-state index contributed by atoms with van der Waals surface area (Å²) in [6, 6.07) is 0. The highest BCUT2D eigenvalue weighted by Crippen LogP contribution is 1.78. The largest absolute Gasteiger partial charge is 0.354 e. The van der Waals surface area contributed by atoms with Crippen molar-refractivity contribution in [2.75, 3.05) is 28.2 Å². The molecular formula is C6H14N4S2. The molecule has 0 aromatic heterocycles. The molecule has 0 amide bonds. The van der Waals surface area contributed by atoms with E-state index in [1.54, 1.807) is 9.80 Å². The first-order valence-corrected chi connectivity index (χ1v) is 4.21. The Morgan fingerprint density at radius 3 is 1.25 bits per heavy atom. The zero-order valence-electron chi connectivity index (χ0n) is 7.71. The average Bonchev–Trinajstić information content (AvgIpc) is 1.98. The van der Waals surface area contributed by atoms with Gasteiger partial charge in [-0.25, -0.2) is 0 Å². The zero-order chi connectivity index (χ0) is 9.72. The van der Waals surface area contributed by atoms with Gasteiger partial charge in [-0.3, -0.25) is 10.9 Å². The number of hydrogen-bond donors (Lipinski definition) is 2. The van der Waals surface area contributed by atoms with Gasteiger partial charge in [0, 0.05) is 28.2 Å². The van der Waals surface area contributed by atoms with Gasteiger partial charge < -0.3 is 9.80 Å². The first-order valence-electron chi connectivity index (χ1n) is 3.39. The summed E-state index contributed by atoms with van der Waals surface area (Å²) in [7, 11) is 7.43. The lowest BCUT2D eigenvalue weighted by Crippen LogP contribution is -2.49. The third-order valence-electron chi connectivity index (χ3n) is 1.09. The van der Waals surface area contributed by atoms with Crippen LogP contribution in [0.15, 0.2) is 0 Å². The van der Waals surface area contributed by atoms with Crippen molar-refractivity contribution in [3.8, 4) is 0 Å².